The molecule has 0 aliphatic carbocycles. The van der Waals surface area contributed by atoms with Crippen molar-refractivity contribution in [1.82, 2.24) is 4.90 Å². The fourth-order valence-corrected chi connectivity index (χ4v) is 5.25. The molecule has 29 heavy (non-hydrogen) atoms. The fourth-order valence-electron chi connectivity index (χ4n) is 5.25. The van der Waals surface area contributed by atoms with E-state index >= 15 is 0 Å². The Balaban J connectivity index is 1.54. The Hall–Kier alpha value is -2.86. The largest absolute Gasteiger partial charge is 0.292 e. The Bertz CT molecular complexity index is 1000. The highest BCUT2D eigenvalue weighted by atomic mass is 19.1. The van der Waals surface area contributed by atoms with E-state index in [-0.39, 0.29) is 23.6 Å². The first-order chi connectivity index (χ1) is 14.0. The van der Waals surface area contributed by atoms with Gasteiger partial charge in [-0.05, 0) is 62.7 Å². The molecule has 3 heterocycles. The number of fused-ring (bicyclic) bond motifs is 3. The van der Waals surface area contributed by atoms with Gasteiger partial charge in [-0.15, -0.1) is 0 Å². The van der Waals surface area contributed by atoms with Gasteiger partial charge in [0.2, 0.25) is 11.8 Å². The summed E-state index contributed by atoms with van der Waals surface area (Å²) >= 11 is 0. The van der Waals surface area contributed by atoms with Crippen LogP contribution in [0.25, 0.3) is 0 Å². The predicted octanol–water partition coefficient (Wildman–Crippen LogP) is 2.97. The first-order valence-corrected chi connectivity index (χ1v) is 9.97. The van der Waals surface area contributed by atoms with Crippen LogP contribution in [0.3, 0.4) is 0 Å². The molecule has 2 aromatic carbocycles. The number of halogens is 1. The first-order valence-electron chi connectivity index (χ1n) is 9.97. The van der Waals surface area contributed by atoms with E-state index in [2.05, 4.69) is 0 Å². The van der Waals surface area contributed by atoms with Crippen LogP contribution in [0.2, 0.25) is 0 Å². The summed E-state index contributed by atoms with van der Waals surface area (Å²) in [6.07, 6.45) is 1.70. The van der Waals surface area contributed by atoms with Gasteiger partial charge in [0.05, 0.1) is 23.6 Å². The van der Waals surface area contributed by atoms with Crippen molar-refractivity contribution in [1.29, 1.82) is 0 Å². The highest BCUT2D eigenvalue weighted by Gasteiger charge is 2.64. The normalized spacial score (nSPS) is 28.7. The molecule has 0 bridgehead atoms. The van der Waals surface area contributed by atoms with Crippen LogP contribution < -0.4 is 4.90 Å². The summed E-state index contributed by atoms with van der Waals surface area (Å²) < 4.78 is 13.3. The number of ketones is 1. The van der Waals surface area contributed by atoms with E-state index in [1.54, 1.807) is 12.1 Å². The van der Waals surface area contributed by atoms with Gasteiger partial charge in [-0.3, -0.25) is 19.3 Å². The molecule has 0 spiro atoms. The fraction of sp³-hybridized carbons (Fsp3) is 0.348. The lowest BCUT2D eigenvalue weighted by molar-refractivity contribution is -0.123. The van der Waals surface area contributed by atoms with E-state index in [0.29, 0.717) is 17.8 Å². The molecule has 4 atom stereocenters. The van der Waals surface area contributed by atoms with Crippen LogP contribution in [-0.4, -0.2) is 41.1 Å². The van der Waals surface area contributed by atoms with Crippen molar-refractivity contribution < 1.29 is 18.8 Å². The van der Waals surface area contributed by atoms with Crippen LogP contribution in [0.1, 0.15) is 28.8 Å². The number of anilines is 1. The SMILES string of the molecule is Cc1ccc(N2C(=O)[C@@H]3[C@H](C2=O)[C@@H]2CCCN2[C@@H]3C(=O)c2ccc(F)cc2)cc1. The van der Waals surface area contributed by atoms with Crippen molar-refractivity contribution in [3.05, 3.63) is 65.5 Å². The molecule has 0 aromatic heterocycles. The zero-order valence-corrected chi connectivity index (χ0v) is 16.0. The van der Waals surface area contributed by atoms with Crippen LogP contribution >= 0.6 is 0 Å². The van der Waals surface area contributed by atoms with Crippen LogP contribution in [0.4, 0.5) is 10.1 Å². The van der Waals surface area contributed by atoms with Crippen LogP contribution in [0, 0.1) is 24.6 Å². The summed E-state index contributed by atoms with van der Waals surface area (Å²) in [6, 6.07) is 11.9. The molecule has 0 radical (unpaired) electrons. The molecular weight excluding hydrogens is 371 g/mol. The lowest BCUT2D eigenvalue weighted by Crippen LogP contribution is -2.46. The smallest absolute Gasteiger partial charge is 0.239 e. The number of aryl methyl sites for hydroxylation is 1. The number of nitrogens with zero attached hydrogens (tertiary/aromatic N) is 2. The van der Waals surface area contributed by atoms with Crippen molar-refractivity contribution in [3.63, 3.8) is 0 Å². The quantitative estimate of drug-likeness (QED) is 0.595. The number of amides is 2. The Morgan fingerprint density at radius 1 is 0.966 bits per heavy atom. The molecular formula is C23H21FN2O3. The van der Waals surface area contributed by atoms with Crippen molar-refractivity contribution in [2.45, 2.75) is 31.8 Å². The number of carbonyl (C=O) groups is 3. The van der Waals surface area contributed by atoms with E-state index in [0.717, 1.165) is 18.4 Å². The van der Waals surface area contributed by atoms with Crippen LogP contribution in [-0.2, 0) is 9.59 Å². The number of hydrogen-bond acceptors (Lipinski definition) is 4. The average Bonchev–Trinajstić information content (AvgIpc) is 3.35. The molecule has 0 N–H and O–H groups in total. The van der Waals surface area contributed by atoms with Gasteiger partial charge in [0, 0.05) is 11.6 Å². The molecule has 5 rings (SSSR count). The van der Waals surface area contributed by atoms with Gasteiger partial charge in [0.15, 0.2) is 5.78 Å². The minimum atomic E-state index is -0.688. The second-order valence-corrected chi connectivity index (χ2v) is 8.16. The molecule has 0 unspecified atom stereocenters. The number of Topliss-reactive ketones (excluding diaryl/α,β-unsaturated/α-hetero) is 1. The van der Waals surface area contributed by atoms with Gasteiger partial charge < -0.3 is 0 Å². The Morgan fingerprint density at radius 3 is 2.31 bits per heavy atom. The number of imide groups is 1. The van der Waals surface area contributed by atoms with E-state index < -0.39 is 23.7 Å². The third-order valence-electron chi connectivity index (χ3n) is 6.54. The zero-order valence-electron chi connectivity index (χ0n) is 16.0. The molecule has 148 valence electrons. The molecule has 0 saturated carbocycles. The lowest BCUT2D eigenvalue weighted by Gasteiger charge is -2.27. The molecule has 2 amide bonds. The minimum Gasteiger partial charge on any atom is -0.292 e. The second-order valence-electron chi connectivity index (χ2n) is 8.16. The molecule has 3 fully saturated rings. The van der Waals surface area contributed by atoms with E-state index in [1.807, 2.05) is 24.0 Å². The van der Waals surface area contributed by atoms with Gasteiger partial charge in [0.25, 0.3) is 0 Å². The van der Waals surface area contributed by atoms with E-state index in [1.165, 1.54) is 29.2 Å². The lowest BCUT2D eigenvalue weighted by atomic mass is 9.85. The standard InChI is InChI=1S/C23H21FN2O3/c1-13-4-10-16(11-5-13)26-22(28)18-17-3-2-12-25(17)20(19(18)23(26)29)21(27)14-6-8-15(24)9-7-14/h4-11,17-20H,2-3,12H2,1H3/t17-,18+,19+,20-/m0/s1. The Kier molecular flexibility index (Phi) is 4.13. The van der Waals surface area contributed by atoms with Crippen molar-refractivity contribution in [2.24, 2.45) is 11.8 Å². The average molecular weight is 392 g/mol. The van der Waals surface area contributed by atoms with Gasteiger partial charge in [-0.2, -0.15) is 0 Å². The predicted molar refractivity (Wildman–Crippen MR) is 105 cm³/mol. The number of benzene rings is 2. The maximum absolute atomic E-state index is 13.4. The molecule has 2 aromatic rings. The van der Waals surface area contributed by atoms with E-state index in [9.17, 15) is 18.8 Å². The zero-order chi connectivity index (χ0) is 20.3. The Labute approximate surface area is 168 Å². The number of hydrogen-bond donors (Lipinski definition) is 0. The maximum atomic E-state index is 13.4. The topological polar surface area (TPSA) is 57.7 Å². The summed E-state index contributed by atoms with van der Waals surface area (Å²) in [7, 11) is 0. The van der Waals surface area contributed by atoms with Crippen molar-refractivity contribution in [3.8, 4) is 0 Å². The number of rotatable bonds is 3. The maximum Gasteiger partial charge on any atom is 0.239 e. The molecule has 3 aliphatic rings. The number of carbonyl (C=O) groups excluding carboxylic acids is 3. The van der Waals surface area contributed by atoms with Gasteiger partial charge >= 0.3 is 0 Å². The highest BCUT2D eigenvalue weighted by molar-refractivity contribution is 6.24. The summed E-state index contributed by atoms with van der Waals surface area (Å²) in [6.45, 7) is 2.64. The third kappa shape index (κ3) is 2.66. The minimum absolute atomic E-state index is 0.0960. The van der Waals surface area contributed by atoms with Gasteiger partial charge in [-0.1, -0.05) is 17.7 Å². The molecule has 3 aliphatic heterocycles. The molecule has 5 nitrogen and oxygen atoms in total. The van der Waals surface area contributed by atoms with Crippen LogP contribution in [0.15, 0.2) is 48.5 Å². The van der Waals surface area contributed by atoms with Crippen LogP contribution in [0.5, 0.6) is 0 Å². The van der Waals surface area contributed by atoms with Crippen molar-refractivity contribution >= 4 is 23.3 Å². The van der Waals surface area contributed by atoms with Crippen molar-refractivity contribution in [2.75, 3.05) is 11.4 Å². The summed E-state index contributed by atoms with van der Waals surface area (Å²) in [5, 5.41) is 0. The monoisotopic (exact) mass is 392 g/mol. The third-order valence-corrected chi connectivity index (χ3v) is 6.54. The Morgan fingerprint density at radius 2 is 1.62 bits per heavy atom. The van der Waals surface area contributed by atoms with Gasteiger partial charge in [0.1, 0.15) is 5.82 Å². The molecule has 3 saturated heterocycles. The summed E-state index contributed by atoms with van der Waals surface area (Å²) in [5.74, 6) is -2.33. The highest BCUT2D eigenvalue weighted by Crippen LogP contribution is 2.48. The summed E-state index contributed by atoms with van der Waals surface area (Å²) in [5.41, 5.74) is 1.97. The van der Waals surface area contributed by atoms with Gasteiger partial charge in [-0.25, -0.2) is 9.29 Å². The second kappa shape index (κ2) is 6.59. The van der Waals surface area contributed by atoms with E-state index in [4.69, 9.17) is 0 Å². The molecule has 6 heteroatoms. The summed E-state index contributed by atoms with van der Waals surface area (Å²) in [4.78, 5) is 43.3. The first kappa shape index (κ1) is 18.2.